The molecule has 4 rings (SSSR count). The molecule has 1 aromatic heterocycles. The number of hydrogen-bond acceptors (Lipinski definition) is 4. The van der Waals surface area contributed by atoms with Gasteiger partial charge in [-0.25, -0.2) is 4.98 Å². The molecule has 0 bridgehead atoms. The van der Waals surface area contributed by atoms with E-state index in [2.05, 4.69) is 16.5 Å². The lowest BCUT2D eigenvalue weighted by molar-refractivity contribution is 0.0623. The van der Waals surface area contributed by atoms with E-state index in [0.717, 1.165) is 38.0 Å². The highest BCUT2D eigenvalue weighted by molar-refractivity contribution is 5.27. The molecule has 1 fully saturated rings. The fraction of sp³-hybridized carbons (Fsp3) is 0.591. The van der Waals surface area contributed by atoms with E-state index in [4.69, 9.17) is 9.72 Å². The minimum absolute atomic E-state index is 0.314. The highest BCUT2D eigenvalue weighted by Gasteiger charge is 2.32. The van der Waals surface area contributed by atoms with Crippen LogP contribution < -0.4 is 4.74 Å². The van der Waals surface area contributed by atoms with E-state index in [0.29, 0.717) is 19.2 Å². The maximum atomic E-state index is 10.5. The summed E-state index contributed by atoms with van der Waals surface area (Å²) in [6.45, 7) is 4.02. The molecule has 0 amide bonds. The molecule has 1 saturated heterocycles. The summed E-state index contributed by atoms with van der Waals surface area (Å²) >= 11 is 0. The molecule has 1 aliphatic carbocycles. The van der Waals surface area contributed by atoms with E-state index in [-0.39, 0.29) is 0 Å². The molecule has 2 heterocycles. The third-order valence-electron chi connectivity index (χ3n) is 5.95. The number of β-amino-alcohol motifs (C(OH)–C–C–N with tert-alkyl or cyclic N) is 1. The third-order valence-corrected chi connectivity index (χ3v) is 5.95. The molecule has 5 nitrogen and oxygen atoms in total. The number of aryl methyl sites for hydroxylation is 2. The Balaban J connectivity index is 1.39. The van der Waals surface area contributed by atoms with Gasteiger partial charge in [0.1, 0.15) is 24.3 Å². The van der Waals surface area contributed by atoms with Gasteiger partial charge in [0.2, 0.25) is 0 Å². The van der Waals surface area contributed by atoms with Crippen molar-refractivity contribution in [2.75, 3.05) is 19.7 Å². The predicted octanol–water partition coefficient (Wildman–Crippen LogP) is 3.18. The monoisotopic (exact) mass is 369 g/mol. The van der Waals surface area contributed by atoms with Crippen LogP contribution in [0.4, 0.5) is 0 Å². The molecule has 0 saturated carbocycles. The summed E-state index contributed by atoms with van der Waals surface area (Å²) in [7, 11) is 2.17. The van der Waals surface area contributed by atoms with Gasteiger partial charge < -0.3 is 14.4 Å². The first-order valence-corrected chi connectivity index (χ1v) is 10.3. The number of aromatic nitrogens is 2. The van der Waals surface area contributed by atoms with E-state index in [1.165, 1.54) is 35.6 Å². The average molecular weight is 370 g/mol. The summed E-state index contributed by atoms with van der Waals surface area (Å²) in [5, 5.41) is 10.5. The van der Waals surface area contributed by atoms with Crippen molar-refractivity contribution in [1.82, 2.24) is 14.5 Å². The quantitative estimate of drug-likeness (QED) is 0.850. The minimum atomic E-state index is -0.499. The number of aliphatic hydroxyl groups excluding tert-OH is 1. The summed E-state index contributed by atoms with van der Waals surface area (Å²) in [5.74, 6) is 2.01. The molecular formula is C22H31N3O2. The van der Waals surface area contributed by atoms with Crippen LogP contribution in [0.5, 0.6) is 5.75 Å². The largest absolute Gasteiger partial charge is 0.491 e. The number of benzene rings is 1. The van der Waals surface area contributed by atoms with Gasteiger partial charge in [-0.2, -0.15) is 0 Å². The van der Waals surface area contributed by atoms with E-state index in [1.807, 2.05) is 31.2 Å². The second-order valence-electron chi connectivity index (χ2n) is 8.06. The van der Waals surface area contributed by atoms with Crippen molar-refractivity contribution >= 4 is 0 Å². The Bertz CT molecular complexity index is 786. The average Bonchev–Trinajstić information content (AvgIpc) is 3.24. The Labute approximate surface area is 162 Å². The topological polar surface area (TPSA) is 50.5 Å². The molecule has 146 valence electrons. The fourth-order valence-corrected chi connectivity index (χ4v) is 4.56. The molecule has 0 radical (unpaired) electrons. The molecule has 2 aliphatic rings. The summed E-state index contributed by atoms with van der Waals surface area (Å²) in [6.07, 6.45) is 6.58. The molecule has 2 aromatic rings. The van der Waals surface area contributed by atoms with Gasteiger partial charge in [0.05, 0.1) is 11.7 Å². The summed E-state index contributed by atoms with van der Waals surface area (Å²) in [4.78, 5) is 7.39. The highest BCUT2D eigenvalue weighted by atomic mass is 16.5. The molecule has 1 aromatic carbocycles. The normalized spacial score (nSPS) is 21.2. The molecular weight excluding hydrogens is 338 g/mol. The number of rotatable bonds is 6. The molecule has 1 N–H and O–H groups in total. The Morgan fingerprint density at radius 1 is 1.26 bits per heavy atom. The number of hydrogen-bond donors (Lipinski definition) is 1. The van der Waals surface area contributed by atoms with Crippen molar-refractivity contribution in [2.45, 2.75) is 57.6 Å². The first kappa shape index (κ1) is 18.5. The van der Waals surface area contributed by atoms with Crippen LogP contribution in [0.1, 0.15) is 54.5 Å². The smallest absolute Gasteiger partial charge is 0.126 e. The van der Waals surface area contributed by atoms with Gasteiger partial charge in [0.15, 0.2) is 0 Å². The Kier molecular flexibility index (Phi) is 5.50. The molecule has 5 heteroatoms. The predicted molar refractivity (Wildman–Crippen MR) is 106 cm³/mol. The number of imidazole rings is 1. The highest BCUT2D eigenvalue weighted by Crippen LogP contribution is 2.33. The van der Waals surface area contributed by atoms with E-state index in [9.17, 15) is 5.11 Å². The maximum Gasteiger partial charge on any atom is 0.126 e. The standard InChI is InChI=1S/C22H31N3O2/c1-16-7-5-8-18(13-16)27-15-17(26)14-25-12-6-11-21(25)22-23-19-9-3-4-10-20(19)24(22)2/h5,7-8,13,17,21,26H,3-4,6,9-12,14-15H2,1-2H3/t17-,21+/m0/s1. The second kappa shape index (κ2) is 8.03. The van der Waals surface area contributed by atoms with Gasteiger partial charge in [-0.3, -0.25) is 4.90 Å². The van der Waals surface area contributed by atoms with Gasteiger partial charge in [-0.05, 0) is 69.7 Å². The second-order valence-corrected chi connectivity index (χ2v) is 8.06. The zero-order valence-electron chi connectivity index (χ0n) is 16.5. The van der Waals surface area contributed by atoms with Gasteiger partial charge in [-0.15, -0.1) is 0 Å². The van der Waals surface area contributed by atoms with Crippen molar-refractivity contribution in [3.63, 3.8) is 0 Å². The van der Waals surface area contributed by atoms with E-state index in [1.54, 1.807) is 0 Å². The first-order chi connectivity index (χ1) is 13.1. The van der Waals surface area contributed by atoms with Crippen molar-refractivity contribution in [3.05, 3.63) is 47.0 Å². The molecule has 2 atom stereocenters. The maximum absolute atomic E-state index is 10.5. The lowest BCUT2D eigenvalue weighted by Gasteiger charge is -2.26. The van der Waals surface area contributed by atoms with Crippen LogP contribution in [-0.4, -0.2) is 45.4 Å². The number of likely N-dealkylation sites (tertiary alicyclic amines) is 1. The van der Waals surface area contributed by atoms with Gasteiger partial charge >= 0.3 is 0 Å². The molecule has 0 spiro atoms. The SMILES string of the molecule is Cc1cccc(OC[C@@H](O)CN2CCC[C@@H]2c2nc3c(n2C)CCCC3)c1. The van der Waals surface area contributed by atoms with Crippen LogP contribution in [0.25, 0.3) is 0 Å². The number of aliphatic hydroxyl groups is 1. The zero-order chi connectivity index (χ0) is 18.8. The molecule has 1 aliphatic heterocycles. The number of nitrogens with zero attached hydrogens (tertiary/aromatic N) is 3. The summed E-state index contributed by atoms with van der Waals surface area (Å²) in [5.41, 5.74) is 3.89. The van der Waals surface area contributed by atoms with Gasteiger partial charge in [0, 0.05) is 19.3 Å². The zero-order valence-corrected chi connectivity index (χ0v) is 16.5. The Morgan fingerprint density at radius 3 is 2.93 bits per heavy atom. The molecule has 0 unspecified atom stereocenters. The summed E-state index contributed by atoms with van der Waals surface area (Å²) < 4.78 is 8.12. The lowest BCUT2D eigenvalue weighted by Crippen LogP contribution is -2.36. The van der Waals surface area contributed by atoms with Crippen molar-refractivity contribution in [1.29, 1.82) is 0 Å². The van der Waals surface area contributed by atoms with Crippen LogP contribution in [0, 0.1) is 6.92 Å². The van der Waals surface area contributed by atoms with Crippen LogP contribution in [0.3, 0.4) is 0 Å². The third kappa shape index (κ3) is 4.04. The Hall–Kier alpha value is -1.85. The first-order valence-electron chi connectivity index (χ1n) is 10.3. The van der Waals surface area contributed by atoms with E-state index < -0.39 is 6.10 Å². The lowest BCUT2D eigenvalue weighted by atomic mass is 10.0. The Morgan fingerprint density at radius 2 is 2.11 bits per heavy atom. The van der Waals surface area contributed by atoms with Crippen molar-refractivity contribution in [2.24, 2.45) is 7.05 Å². The van der Waals surface area contributed by atoms with Crippen LogP contribution in [0.15, 0.2) is 24.3 Å². The minimum Gasteiger partial charge on any atom is -0.491 e. The van der Waals surface area contributed by atoms with E-state index >= 15 is 0 Å². The van der Waals surface area contributed by atoms with Crippen LogP contribution >= 0.6 is 0 Å². The van der Waals surface area contributed by atoms with Crippen molar-refractivity contribution in [3.8, 4) is 5.75 Å². The number of fused-ring (bicyclic) bond motifs is 1. The van der Waals surface area contributed by atoms with Crippen LogP contribution in [0.2, 0.25) is 0 Å². The number of ether oxygens (including phenoxy) is 1. The van der Waals surface area contributed by atoms with Crippen molar-refractivity contribution < 1.29 is 9.84 Å². The summed E-state index contributed by atoms with van der Waals surface area (Å²) in [6, 6.07) is 8.29. The fourth-order valence-electron chi connectivity index (χ4n) is 4.56. The molecule has 27 heavy (non-hydrogen) atoms. The van der Waals surface area contributed by atoms with Crippen LogP contribution in [-0.2, 0) is 19.9 Å². The van der Waals surface area contributed by atoms with Gasteiger partial charge in [-0.1, -0.05) is 12.1 Å². The van der Waals surface area contributed by atoms with Gasteiger partial charge in [0.25, 0.3) is 0 Å².